The van der Waals surface area contributed by atoms with Crippen molar-refractivity contribution in [3.63, 3.8) is 0 Å². The second-order valence-corrected chi connectivity index (χ2v) is 29.4. The molecule has 14 aromatic carbocycles. The predicted octanol–water partition coefficient (Wildman–Crippen LogP) is 25.6. The molecule has 0 atom stereocenters. The summed E-state index contributed by atoms with van der Waals surface area (Å²) in [5.74, 6) is 4.85. The first kappa shape index (κ1) is 64.8. The number of thiophene rings is 2. The van der Waals surface area contributed by atoms with E-state index >= 15 is 0 Å². The highest BCUT2D eigenvalue weighted by atomic mass is 32.1. The van der Waals surface area contributed by atoms with E-state index in [-0.39, 0.29) is 0 Å². The summed E-state index contributed by atoms with van der Waals surface area (Å²) in [6.45, 7) is 0. The zero-order valence-electron chi connectivity index (χ0n) is 59.2. The van der Waals surface area contributed by atoms with Crippen molar-refractivity contribution in [2.75, 3.05) is 0 Å². The molecule has 0 fully saturated rings. The smallest absolute Gasteiger partial charge is 0.165 e. The van der Waals surface area contributed by atoms with E-state index in [9.17, 15) is 0 Å². The number of furan rings is 1. The van der Waals surface area contributed by atoms with Crippen molar-refractivity contribution in [3.8, 4) is 158 Å². The third-order valence-electron chi connectivity index (χ3n) is 20.5. The lowest BCUT2D eigenvalue weighted by molar-refractivity contribution is 0.669. The number of hydrogen-bond acceptors (Lipinski definition) is 13. The van der Waals surface area contributed by atoms with Crippen molar-refractivity contribution in [1.29, 1.82) is 0 Å². The Morgan fingerprint density at radius 3 is 1.07 bits per heavy atom. The van der Waals surface area contributed by atoms with Crippen molar-refractivity contribution >= 4 is 85.0 Å². The number of hydrogen-bond donors (Lipinski definition) is 0. The molecular weight excluding hydrogens is 1400 g/mol. The fourth-order valence-corrected chi connectivity index (χ4v) is 17.5. The molecule has 0 saturated heterocycles. The summed E-state index contributed by atoms with van der Waals surface area (Å²) in [5.41, 5.74) is 20.5. The van der Waals surface area contributed by atoms with Crippen LogP contribution in [0.25, 0.3) is 221 Å². The van der Waals surface area contributed by atoms with E-state index in [0.29, 0.717) is 46.6 Å². The first-order chi connectivity index (χ1) is 54.9. The van der Waals surface area contributed by atoms with Gasteiger partial charge in [0.1, 0.15) is 11.2 Å². The average molecular weight is 1460 g/mol. The molecule has 0 unspecified atom stereocenters. The molecule has 7 aromatic heterocycles. The van der Waals surface area contributed by atoms with Gasteiger partial charge in [-0.2, -0.15) is 0 Å². The average Bonchev–Trinajstić information content (AvgIpc) is 1.59. The summed E-state index contributed by atoms with van der Waals surface area (Å²) in [7, 11) is 0. The Hall–Kier alpha value is -14.5. The minimum absolute atomic E-state index is 0.556. The summed E-state index contributed by atoms with van der Waals surface area (Å²) in [4.78, 5) is 52.5. The van der Waals surface area contributed by atoms with Crippen LogP contribution in [0.2, 0.25) is 0 Å². The van der Waals surface area contributed by atoms with E-state index in [2.05, 4.69) is 212 Å². The van der Waals surface area contributed by atoms with Crippen LogP contribution < -0.4 is 0 Å². The highest BCUT2D eigenvalue weighted by Crippen LogP contribution is 2.47. The molecule has 0 amide bonds. The number of benzene rings is 14. The standard InChI is InChI=1S/C98H58N10OS2/c1-6-23-62(24-7-1)79-57-81(101-96(100-79)76-39-21-44-86-88(76)75-38-20-41-78(90(75)111-86)98-107-94(67-31-14-5-15-32-67)104-95(108-98)70-53-54-72-71-35-16-17-42-83(71)109-84(72)56-70)69-34-18-33-68(55-69)61-47-45-59(46-48-61)60-49-51-63(52-50-60)80-58-82(102-91(99-80)64-25-8-2-9-26-64)73-36-19-37-74-87-77(40-22-43-85(87)110-89(73)74)97-105-92(65-27-10-3-11-28-65)103-93(106-97)66-29-12-4-13-30-66/h1-58H. The number of nitrogens with zero attached hydrogens (tertiary/aromatic N) is 10. The van der Waals surface area contributed by atoms with E-state index in [1.807, 2.05) is 140 Å². The van der Waals surface area contributed by atoms with Crippen LogP contribution >= 0.6 is 22.7 Å². The molecule has 7 heterocycles. The molecule has 0 spiro atoms. The maximum absolute atomic E-state index is 6.37. The summed E-state index contributed by atoms with van der Waals surface area (Å²) < 4.78 is 10.8. The fourth-order valence-electron chi connectivity index (χ4n) is 15.1. The number of fused-ring (bicyclic) bond motifs is 9. The second-order valence-electron chi connectivity index (χ2n) is 27.3. The van der Waals surface area contributed by atoms with Crippen LogP contribution in [-0.4, -0.2) is 49.8 Å². The third kappa shape index (κ3) is 12.0. The zero-order chi connectivity index (χ0) is 73.3. The maximum Gasteiger partial charge on any atom is 0.165 e. The molecule has 21 rings (SSSR count). The zero-order valence-corrected chi connectivity index (χ0v) is 60.8. The monoisotopic (exact) mass is 1450 g/mol. The Bertz CT molecular complexity index is 7120. The van der Waals surface area contributed by atoms with E-state index in [4.69, 9.17) is 54.3 Å². The molecule has 0 bridgehead atoms. The van der Waals surface area contributed by atoms with Crippen molar-refractivity contribution in [2.24, 2.45) is 0 Å². The molecule has 0 saturated carbocycles. The van der Waals surface area contributed by atoms with Crippen LogP contribution in [0.15, 0.2) is 356 Å². The van der Waals surface area contributed by atoms with Crippen LogP contribution in [0, 0.1) is 0 Å². The van der Waals surface area contributed by atoms with E-state index in [1.165, 1.54) is 0 Å². The molecule has 11 nitrogen and oxygen atoms in total. The molecule has 0 aliphatic carbocycles. The van der Waals surface area contributed by atoms with Gasteiger partial charge in [0.25, 0.3) is 0 Å². The molecule has 0 radical (unpaired) electrons. The van der Waals surface area contributed by atoms with Crippen molar-refractivity contribution in [1.82, 2.24) is 49.8 Å². The third-order valence-corrected chi connectivity index (χ3v) is 22.9. The van der Waals surface area contributed by atoms with Gasteiger partial charge in [0.15, 0.2) is 46.6 Å². The molecule has 0 aliphatic heterocycles. The first-order valence-corrected chi connectivity index (χ1v) is 38.3. The topological polar surface area (TPSA) is 142 Å². The van der Waals surface area contributed by atoms with Gasteiger partial charge in [-0.3, -0.25) is 0 Å². The van der Waals surface area contributed by atoms with Crippen molar-refractivity contribution in [2.45, 2.75) is 0 Å². The Morgan fingerprint density at radius 1 is 0.180 bits per heavy atom. The lowest BCUT2D eigenvalue weighted by atomic mass is 9.97. The lowest BCUT2D eigenvalue weighted by Gasteiger charge is -2.12. The Kier molecular flexibility index (Phi) is 16.0. The maximum atomic E-state index is 6.37. The Morgan fingerprint density at radius 2 is 0.514 bits per heavy atom. The molecule has 111 heavy (non-hydrogen) atoms. The second kappa shape index (κ2) is 27.4. The van der Waals surface area contributed by atoms with Gasteiger partial charge in [-0.25, -0.2) is 49.8 Å². The minimum Gasteiger partial charge on any atom is -0.456 e. The normalized spacial score (nSPS) is 11.6. The van der Waals surface area contributed by atoms with Gasteiger partial charge >= 0.3 is 0 Å². The molecule has 21 aromatic rings. The van der Waals surface area contributed by atoms with E-state index in [1.54, 1.807) is 22.7 Å². The van der Waals surface area contributed by atoms with Crippen molar-refractivity contribution in [3.05, 3.63) is 352 Å². The number of para-hydroxylation sites is 1. The Labute approximate surface area is 645 Å². The van der Waals surface area contributed by atoms with Crippen LogP contribution in [0.4, 0.5) is 0 Å². The molecule has 0 aliphatic rings. The molecule has 518 valence electrons. The van der Waals surface area contributed by atoms with Crippen LogP contribution in [0.5, 0.6) is 0 Å². The summed E-state index contributed by atoms with van der Waals surface area (Å²) >= 11 is 3.47. The summed E-state index contributed by atoms with van der Waals surface area (Å²) in [5, 5.41) is 6.42. The van der Waals surface area contributed by atoms with Gasteiger partial charge in [0.05, 0.1) is 22.8 Å². The highest BCUT2D eigenvalue weighted by molar-refractivity contribution is 7.27. The first-order valence-electron chi connectivity index (χ1n) is 36.7. The summed E-state index contributed by atoms with van der Waals surface area (Å²) in [6.07, 6.45) is 0. The van der Waals surface area contributed by atoms with Crippen LogP contribution in [0.1, 0.15) is 0 Å². The highest BCUT2D eigenvalue weighted by Gasteiger charge is 2.24. The largest absolute Gasteiger partial charge is 0.456 e. The SMILES string of the molecule is c1ccc(-c2cc(-c3cccc(-c4ccc(-c5ccc(-c6cc(-c7cccc8c7sc7cccc(-c9nc(-c%10ccccc%10)nc(-c%10ccccc%10)n9)c78)nc(-c7ccccc7)n6)cc5)cc4)c3)nc(-c3cccc4sc5c(-c6nc(-c7ccccc7)nc(-c7ccc8c(c7)oc7ccccc78)n6)cccc5c34)n2)cc1. The van der Waals surface area contributed by atoms with Gasteiger partial charge in [-0.1, -0.05) is 297 Å². The van der Waals surface area contributed by atoms with Gasteiger partial charge in [-0.05, 0) is 76.9 Å². The number of aromatic nitrogens is 10. The predicted molar refractivity (Wildman–Crippen MR) is 454 cm³/mol. The van der Waals surface area contributed by atoms with E-state index in [0.717, 1.165) is 174 Å². The van der Waals surface area contributed by atoms with Crippen molar-refractivity contribution < 1.29 is 4.42 Å². The molecular formula is C98H58N10OS2. The quantitative estimate of drug-likeness (QED) is 0.103. The molecule has 13 heteroatoms. The van der Waals surface area contributed by atoms with E-state index < -0.39 is 0 Å². The minimum atomic E-state index is 0.556. The number of rotatable bonds is 14. The fraction of sp³-hybridized carbons (Fsp3) is 0. The van der Waals surface area contributed by atoms with Crippen LogP contribution in [-0.2, 0) is 0 Å². The van der Waals surface area contributed by atoms with Gasteiger partial charge in [-0.15, -0.1) is 22.7 Å². The molecule has 0 N–H and O–H groups in total. The van der Waals surface area contributed by atoms with Crippen LogP contribution in [0.3, 0.4) is 0 Å². The summed E-state index contributed by atoms with van der Waals surface area (Å²) in [6, 6.07) is 121. The Balaban J connectivity index is 0.597. The lowest BCUT2D eigenvalue weighted by Crippen LogP contribution is -2.00. The van der Waals surface area contributed by atoms with Gasteiger partial charge < -0.3 is 4.42 Å². The van der Waals surface area contributed by atoms with Gasteiger partial charge in [0, 0.05) is 118 Å². The van der Waals surface area contributed by atoms with Gasteiger partial charge in [0.2, 0.25) is 0 Å².